The lowest BCUT2D eigenvalue weighted by atomic mass is 10.1. The molecule has 0 aliphatic carbocycles. The molecule has 5 nitrogen and oxygen atoms in total. The van der Waals surface area contributed by atoms with Crippen LogP contribution >= 0.6 is 0 Å². The number of carboxylic acids is 1. The summed E-state index contributed by atoms with van der Waals surface area (Å²) in [5.41, 5.74) is 0. The first-order valence-electron chi connectivity index (χ1n) is 6.42. The molecule has 1 heterocycles. The number of likely N-dealkylation sites (N-methyl/N-ethyl adjacent to an activating group) is 1. The Morgan fingerprint density at radius 1 is 1.28 bits per heavy atom. The van der Waals surface area contributed by atoms with Crippen LogP contribution < -0.4 is 0 Å². The van der Waals surface area contributed by atoms with Gasteiger partial charge in [0.25, 0.3) is 0 Å². The zero-order valence-electron chi connectivity index (χ0n) is 11.5. The molecule has 0 radical (unpaired) electrons. The van der Waals surface area contributed by atoms with Crippen LogP contribution in [0.15, 0.2) is 0 Å². The first-order chi connectivity index (χ1) is 8.41. The minimum atomic E-state index is -1.28. The molecule has 6 heteroatoms. The van der Waals surface area contributed by atoms with Crippen LogP contribution in [0.2, 0.25) is 0 Å². The van der Waals surface area contributed by atoms with Crippen LogP contribution in [0.1, 0.15) is 13.8 Å². The highest BCUT2D eigenvalue weighted by Gasteiger charge is 2.28. The van der Waals surface area contributed by atoms with Gasteiger partial charge in [-0.15, -0.1) is 0 Å². The molecular formula is C12H24N2O3S. The molecule has 1 rings (SSSR count). The largest absolute Gasteiger partial charge is 0.480 e. The van der Waals surface area contributed by atoms with Gasteiger partial charge in [0.15, 0.2) is 0 Å². The number of carboxylic acid groups (broad SMARTS) is 1. The summed E-state index contributed by atoms with van der Waals surface area (Å²) in [6, 6.07) is 0. The molecular weight excluding hydrogens is 252 g/mol. The Morgan fingerprint density at radius 3 is 2.28 bits per heavy atom. The van der Waals surface area contributed by atoms with Crippen molar-refractivity contribution < 1.29 is 14.1 Å². The number of rotatable bonds is 6. The molecule has 0 aromatic heterocycles. The quantitative estimate of drug-likeness (QED) is 0.745. The van der Waals surface area contributed by atoms with E-state index in [1.807, 2.05) is 13.8 Å². The van der Waals surface area contributed by atoms with Gasteiger partial charge < -0.3 is 10.0 Å². The van der Waals surface area contributed by atoms with E-state index in [0.29, 0.717) is 5.75 Å². The minimum Gasteiger partial charge on any atom is -0.480 e. The summed E-state index contributed by atoms with van der Waals surface area (Å²) in [7, 11) is 0.809. The molecule has 0 bridgehead atoms. The molecule has 0 saturated carbocycles. The van der Waals surface area contributed by atoms with Gasteiger partial charge in [-0.1, -0.05) is 13.8 Å². The Bertz CT molecular complexity index is 302. The lowest BCUT2D eigenvalue weighted by Crippen LogP contribution is -2.46. The van der Waals surface area contributed by atoms with Crippen molar-refractivity contribution in [3.8, 4) is 0 Å². The number of piperazine rings is 1. The predicted octanol–water partition coefficient (Wildman–Crippen LogP) is 0.0917. The maximum absolute atomic E-state index is 12.0. The van der Waals surface area contributed by atoms with Gasteiger partial charge in [0, 0.05) is 49.3 Å². The van der Waals surface area contributed by atoms with E-state index in [0.717, 1.165) is 32.7 Å². The molecule has 1 N–H and O–H groups in total. The average Bonchev–Trinajstić information content (AvgIpc) is 2.27. The highest BCUT2D eigenvalue weighted by Crippen LogP contribution is 2.11. The second kappa shape index (κ2) is 7.21. The molecule has 18 heavy (non-hydrogen) atoms. The Morgan fingerprint density at radius 2 is 1.83 bits per heavy atom. The average molecular weight is 276 g/mol. The SMILES string of the molecule is CC(C)C(C(=O)O)S(=O)CCN1CCN(C)CC1. The third-order valence-corrected chi connectivity index (χ3v) is 5.23. The van der Waals surface area contributed by atoms with Crippen molar-refractivity contribution in [1.82, 2.24) is 9.80 Å². The minimum absolute atomic E-state index is 0.0872. The molecule has 0 spiro atoms. The summed E-state index contributed by atoms with van der Waals surface area (Å²) in [5.74, 6) is -0.573. The maximum atomic E-state index is 12.0. The second-order valence-corrected chi connectivity index (χ2v) is 6.91. The van der Waals surface area contributed by atoms with Crippen LogP contribution in [0.3, 0.4) is 0 Å². The Kier molecular flexibility index (Phi) is 6.25. The summed E-state index contributed by atoms with van der Waals surface area (Å²) < 4.78 is 12.0. The zero-order valence-corrected chi connectivity index (χ0v) is 12.3. The first kappa shape index (κ1) is 15.6. The third-order valence-electron chi connectivity index (χ3n) is 3.34. The molecule has 1 aliphatic heterocycles. The summed E-state index contributed by atoms with van der Waals surface area (Å²) in [6.07, 6.45) is 0. The van der Waals surface area contributed by atoms with Crippen molar-refractivity contribution >= 4 is 16.8 Å². The van der Waals surface area contributed by atoms with Gasteiger partial charge in [0.05, 0.1) is 0 Å². The molecule has 2 atom stereocenters. The van der Waals surface area contributed by atoms with Crippen molar-refractivity contribution in [3.05, 3.63) is 0 Å². The van der Waals surface area contributed by atoms with Crippen molar-refractivity contribution in [2.45, 2.75) is 19.1 Å². The molecule has 1 saturated heterocycles. The van der Waals surface area contributed by atoms with Crippen LogP contribution in [-0.2, 0) is 15.6 Å². The van der Waals surface area contributed by atoms with Crippen LogP contribution in [0.25, 0.3) is 0 Å². The summed E-state index contributed by atoms with van der Waals surface area (Å²) >= 11 is 0. The number of carbonyl (C=O) groups is 1. The van der Waals surface area contributed by atoms with Gasteiger partial charge in [-0.2, -0.15) is 0 Å². The Hall–Kier alpha value is -0.460. The van der Waals surface area contributed by atoms with Crippen molar-refractivity contribution in [1.29, 1.82) is 0 Å². The van der Waals surface area contributed by atoms with Gasteiger partial charge in [0.1, 0.15) is 5.25 Å². The van der Waals surface area contributed by atoms with Gasteiger partial charge in [-0.05, 0) is 13.0 Å². The van der Waals surface area contributed by atoms with E-state index in [-0.39, 0.29) is 5.92 Å². The number of nitrogens with zero attached hydrogens (tertiary/aromatic N) is 2. The topological polar surface area (TPSA) is 60.9 Å². The van der Waals surface area contributed by atoms with E-state index in [2.05, 4.69) is 16.8 Å². The molecule has 0 amide bonds. The van der Waals surface area contributed by atoms with Crippen LogP contribution in [0.4, 0.5) is 0 Å². The van der Waals surface area contributed by atoms with Crippen molar-refractivity contribution in [3.63, 3.8) is 0 Å². The fourth-order valence-electron chi connectivity index (χ4n) is 2.12. The standard InChI is InChI=1S/C12H24N2O3S/c1-10(2)11(12(15)16)18(17)9-8-14-6-4-13(3)5-7-14/h10-11H,4-9H2,1-3H3,(H,15,16). The van der Waals surface area contributed by atoms with E-state index in [9.17, 15) is 9.00 Å². The highest BCUT2D eigenvalue weighted by atomic mass is 32.2. The molecule has 0 aromatic rings. The molecule has 1 fully saturated rings. The lowest BCUT2D eigenvalue weighted by Gasteiger charge is -2.32. The number of hydrogen-bond donors (Lipinski definition) is 1. The van der Waals surface area contributed by atoms with E-state index >= 15 is 0 Å². The molecule has 106 valence electrons. The molecule has 1 aliphatic rings. The fourth-order valence-corrected chi connectivity index (χ4v) is 3.64. The second-order valence-electron chi connectivity index (χ2n) is 5.23. The van der Waals surface area contributed by atoms with Gasteiger partial charge >= 0.3 is 5.97 Å². The third kappa shape index (κ3) is 4.66. The number of hydrogen-bond acceptors (Lipinski definition) is 4. The molecule has 0 aromatic carbocycles. The van der Waals surface area contributed by atoms with Crippen LogP contribution in [-0.4, -0.2) is 75.9 Å². The first-order valence-corrected chi connectivity index (χ1v) is 7.81. The lowest BCUT2D eigenvalue weighted by molar-refractivity contribution is -0.137. The zero-order chi connectivity index (χ0) is 13.7. The molecule has 2 unspecified atom stereocenters. The van der Waals surface area contributed by atoms with Crippen LogP contribution in [0.5, 0.6) is 0 Å². The van der Waals surface area contributed by atoms with Crippen molar-refractivity contribution in [2.24, 2.45) is 5.92 Å². The van der Waals surface area contributed by atoms with E-state index < -0.39 is 22.0 Å². The van der Waals surface area contributed by atoms with Gasteiger partial charge in [-0.25, -0.2) is 0 Å². The Balaban J connectivity index is 2.38. The van der Waals surface area contributed by atoms with Crippen molar-refractivity contribution in [2.75, 3.05) is 45.5 Å². The summed E-state index contributed by atoms with van der Waals surface area (Å²) in [4.78, 5) is 15.6. The predicted molar refractivity (Wildman–Crippen MR) is 73.2 cm³/mol. The maximum Gasteiger partial charge on any atom is 0.319 e. The van der Waals surface area contributed by atoms with E-state index in [4.69, 9.17) is 5.11 Å². The highest BCUT2D eigenvalue weighted by molar-refractivity contribution is 7.86. The fraction of sp³-hybridized carbons (Fsp3) is 0.917. The monoisotopic (exact) mass is 276 g/mol. The van der Waals surface area contributed by atoms with Gasteiger partial charge in [-0.3, -0.25) is 13.9 Å². The normalized spacial score (nSPS) is 22.0. The summed E-state index contributed by atoms with van der Waals surface area (Å²) in [6.45, 7) is 8.37. The van der Waals surface area contributed by atoms with E-state index in [1.165, 1.54) is 0 Å². The summed E-state index contributed by atoms with van der Waals surface area (Å²) in [5, 5.41) is 8.33. The van der Waals surface area contributed by atoms with E-state index in [1.54, 1.807) is 0 Å². The Labute approximate surface area is 112 Å². The van der Waals surface area contributed by atoms with Gasteiger partial charge in [0.2, 0.25) is 0 Å². The smallest absolute Gasteiger partial charge is 0.319 e. The number of aliphatic carboxylic acids is 1. The van der Waals surface area contributed by atoms with Crippen LogP contribution in [0, 0.1) is 5.92 Å².